The Bertz CT molecular complexity index is 315. The number of hydrogen-bond acceptors (Lipinski definition) is 3. The van der Waals surface area contributed by atoms with Gasteiger partial charge in [0.2, 0.25) is 0 Å². The number of oxime groups is 1. The molecule has 0 atom stereocenters. The van der Waals surface area contributed by atoms with E-state index < -0.39 is 0 Å². The first kappa shape index (κ1) is 9.85. The Morgan fingerprint density at radius 1 is 1.54 bits per heavy atom. The topological polar surface area (TPSA) is 67.8 Å². The fourth-order valence-corrected chi connectivity index (χ4v) is 1.14. The summed E-state index contributed by atoms with van der Waals surface area (Å²) in [7, 11) is 0. The minimum Gasteiger partial charge on any atom is -0.484 e. The van der Waals surface area contributed by atoms with Gasteiger partial charge in [-0.15, -0.1) is 0 Å². The van der Waals surface area contributed by atoms with Crippen LogP contribution in [0.25, 0.3) is 0 Å². The maximum atomic E-state index is 8.25. The molecule has 0 bridgehead atoms. The zero-order valence-electron chi connectivity index (χ0n) is 6.77. The molecule has 70 valence electrons. The van der Waals surface area contributed by atoms with E-state index in [2.05, 4.69) is 21.1 Å². The van der Waals surface area contributed by atoms with Gasteiger partial charge < -0.3 is 15.7 Å². The van der Waals surface area contributed by atoms with Crippen molar-refractivity contribution < 1.29 is 9.94 Å². The summed E-state index contributed by atoms with van der Waals surface area (Å²) in [5.41, 5.74) is 5.23. The molecule has 0 spiro atoms. The molecule has 0 saturated heterocycles. The minimum atomic E-state index is 0.0377. The minimum absolute atomic E-state index is 0.0377. The summed E-state index contributed by atoms with van der Waals surface area (Å²) in [6, 6.07) is 7.35. The highest BCUT2D eigenvalue weighted by molar-refractivity contribution is 9.10. The maximum Gasteiger partial charge on any atom is 0.177 e. The van der Waals surface area contributed by atoms with E-state index in [4.69, 9.17) is 15.7 Å². The molecule has 0 saturated carbocycles. The highest BCUT2D eigenvalue weighted by Crippen LogP contribution is 2.23. The van der Waals surface area contributed by atoms with Crippen LogP contribution >= 0.6 is 15.9 Å². The molecule has 4 nitrogen and oxygen atoms in total. The predicted octanol–water partition coefficient (Wildman–Crippen LogP) is 1.57. The van der Waals surface area contributed by atoms with Gasteiger partial charge >= 0.3 is 0 Å². The zero-order valence-corrected chi connectivity index (χ0v) is 8.36. The largest absolute Gasteiger partial charge is 0.484 e. The fraction of sp³-hybridized carbons (Fsp3) is 0.125. The van der Waals surface area contributed by atoms with E-state index in [0.29, 0.717) is 5.75 Å². The van der Waals surface area contributed by atoms with Gasteiger partial charge in [-0.2, -0.15) is 0 Å². The standard InChI is InChI=1S/C8H9BrN2O2/c9-6-3-1-2-4-7(6)13-5-8(10)11-12/h1-4,12H,5H2,(H2,10,11). The summed E-state index contributed by atoms with van der Waals surface area (Å²) in [6.07, 6.45) is 0. The van der Waals surface area contributed by atoms with Crippen LogP contribution < -0.4 is 10.5 Å². The normalized spacial score (nSPS) is 11.3. The molecular weight excluding hydrogens is 236 g/mol. The van der Waals surface area contributed by atoms with Gasteiger partial charge in [0.15, 0.2) is 5.84 Å². The number of halogens is 1. The Morgan fingerprint density at radius 2 is 2.23 bits per heavy atom. The molecule has 0 aliphatic heterocycles. The van der Waals surface area contributed by atoms with Crippen molar-refractivity contribution in [2.45, 2.75) is 0 Å². The third-order valence-corrected chi connectivity index (χ3v) is 2.00. The van der Waals surface area contributed by atoms with E-state index in [1.807, 2.05) is 18.2 Å². The van der Waals surface area contributed by atoms with Crippen LogP contribution in [0.3, 0.4) is 0 Å². The van der Waals surface area contributed by atoms with E-state index in [1.165, 1.54) is 0 Å². The Morgan fingerprint density at radius 3 is 2.85 bits per heavy atom. The third kappa shape index (κ3) is 2.95. The van der Waals surface area contributed by atoms with Crippen molar-refractivity contribution in [1.29, 1.82) is 0 Å². The first-order valence-corrected chi connectivity index (χ1v) is 4.37. The number of para-hydroxylation sites is 1. The Hall–Kier alpha value is -1.23. The van der Waals surface area contributed by atoms with Crippen LogP contribution in [0.4, 0.5) is 0 Å². The predicted molar refractivity (Wildman–Crippen MR) is 53.0 cm³/mol. The van der Waals surface area contributed by atoms with Crippen LogP contribution in [0, 0.1) is 0 Å². The molecule has 0 aliphatic carbocycles. The lowest BCUT2D eigenvalue weighted by molar-refractivity contribution is 0.306. The molecule has 0 radical (unpaired) electrons. The molecule has 0 heterocycles. The molecule has 5 heteroatoms. The van der Waals surface area contributed by atoms with E-state index in [1.54, 1.807) is 6.07 Å². The Balaban J connectivity index is 2.60. The van der Waals surface area contributed by atoms with Crippen molar-refractivity contribution in [1.82, 2.24) is 0 Å². The molecule has 0 unspecified atom stereocenters. The summed E-state index contributed by atoms with van der Waals surface area (Å²) in [5, 5.41) is 11.0. The summed E-state index contributed by atoms with van der Waals surface area (Å²) in [6.45, 7) is 0.0686. The average molecular weight is 245 g/mol. The van der Waals surface area contributed by atoms with Gasteiger partial charge in [-0.25, -0.2) is 0 Å². The second-order valence-corrected chi connectivity index (χ2v) is 3.16. The second kappa shape index (κ2) is 4.71. The number of nitrogens with two attached hydrogens (primary N) is 1. The zero-order chi connectivity index (χ0) is 9.68. The molecular formula is C8H9BrN2O2. The Labute approximate surface area is 84.1 Å². The van der Waals surface area contributed by atoms with Crippen molar-refractivity contribution >= 4 is 21.8 Å². The Kier molecular flexibility index (Phi) is 3.57. The van der Waals surface area contributed by atoms with Crippen molar-refractivity contribution in [2.75, 3.05) is 6.61 Å². The molecule has 1 aromatic rings. The van der Waals surface area contributed by atoms with Crippen LogP contribution in [-0.4, -0.2) is 17.6 Å². The summed E-state index contributed by atoms with van der Waals surface area (Å²) in [5.74, 6) is 0.699. The number of ether oxygens (including phenoxy) is 1. The fourth-order valence-electron chi connectivity index (χ4n) is 0.742. The van der Waals surface area contributed by atoms with Gasteiger partial charge in [-0.1, -0.05) is 17.3 Å². The van der Waals surface area contributed by atoms with Crippen molar-refractivity contribution in [2.24, 2.45) is 10.9 Å². The summed E-state index contributed by atoms with van der Waals surface area (Å²) >= 11 is 3.30. The van der Waals surface area contributed by atoms with Gasteiger partial charge in [-0.3, -0.25) is 0 Å². The molecule has 0 aromatic heterocycles. The van der Waals surface area contributed by atoms with Crippen LogP contribution in [0.1, 0.15) is 0 Å². The second-order valence-electron chi connectivity index (χ2n) is 2.31. The van der Waals surface area contributed by atoms with Gasteiger partial charge in [0, 0.05) is 0 Å². The SMILES string of the molecule is NC(COc1ccccc1Br)=NO. The van der Waals surface area contributed by atoms with Gasteiger partial charge in [0.25, 0.3) is 0 Å². The molecule has 1 rings (SSSR count). The first-order valence-electron chi connectivity index (χ1n) is 3.57. The number of rotatable bonds is 3. The molecule has 13 heavy (non-hydrogen) atoms. The van der Waals surface area contributed by atoms with Gasteiger partial charge in [-0.05, 0) is 28.1 Å². The van der Waals surface area contributed by atoms with Crippen LogP contribution in [-0.2, 0) is 0 Å². The smallest absolute Gasteiger partial charge is 0.177 e. The lowest BCUT2D eigenvalue weighted by Crippen LogP contribution is -2.20. The molecule has 0 aliphatic rings. The number of amidine groups is 1. The van der Waals surface area contributed by atoms with E-state index in [0.717, 1.165) is 4.47 Å². The van der Waals surface area contributed by atoms with Gasteiger partial charge in [0.1, 0.15) is 12.4 Å². The maximum absolute atomic E-state index is 8.25. The van der Waals surface area contributed by atoms with Gasteiger partial charge in [0.05, 0.1) is 4.47 Å². The lowest BCUT2D eigenvalue weighted by atomic mass is 10.3. The first-order chi connectivity index (χ1) is 6.24. The third-order valence-electron chi connectivity index (χ3n) is 1.34. The van der Waals surface area contributed by atoms with Crippen LogP contribution in [0.15, 0.2) is 33.9 Å². The van der Waals surface area contributed by atoms with Crippen molar-refractivity contribution in [3.63, 3.8) is 0 Å². The molecule has 0 amide bonds. The summed E-state index contributed by atoms with van der Waals surface area (Å²) < 4.78 is 6.06. The molecule has 3 N–H and O–H groups in total. The average Bonchev–Trinajstić information content (AvgIpc) is 2.16. The number of benzene rings is 1. The molecule has 0 fully saturated rings. The van der Waals surface area contributed by atoms with E-state index in [9.17, 15) is 0 Å². The lowest BCUT2D eigenvalue weighted by Gasteiger charge is -2.05. The number of nitrogens with zero attached hydrogens (tertiary/aromatic N) is 1. The number of hydrogen-bond donors (Lipinski definition) is 2. The quantitative estimate of drug-likeness (QED) is 0.367. The summed E-state index contributed by atoms with van der Waals surface area (Å²) in [4.78, 5) is 0. The van der Waals surface area contributed by atoms with E-state index >= 15 is 0 Å². The van der Waals surface area contributed by atoms with Crippen LogP contribution in [0.5, 0.6) is 5.75 Å². The van der Waals surface area contributed by atoms with Crippen molar-refractivity contribution in [3.05, 3.63) is 28.7 Å². The molecule has 1 aromatic carbocycles. The van der Waals surface area contributed by atoms with Crippen molar-refractivity contribution in [3.8, 4) is 5.75 Å². The highest BCUT2D eigenvalue weighted by Gasteiger charge is 1.99. The monoisotopic (exact) mass is 244 g/mol. The van der Waals surface area contributed by atoms with Crippen LogP contribution in [0.2, 0.25) is 0 Å². The van der Waals surface area contributed by atoms with E-state index in [-0.39, 0.29) is 12.4 Å². The highest BCUT2D eigenvalue weighted by atomic mass is 79.9.